The summed E-state index contributed by atoms with van der Waals surface area (Å²) in [6.45, 7) is 8.13. The fraction of sp³-hybridized carbons (Fsp3) is 1.00. The van der Waals surface area contributed by atoms with Gasteiger partial charge in [-0.15, -0.1) is 0 Å². The lowest BCUT2D eigenvalue weighted by atomic mass is 9.83. The molecule has 0 aliphatic rings. The Hall–Kier alpha value is -0.0800. The van der Waals surface area contributed by atoms with Crippen LogP contribution in [0.1, 0.15) is 34.1 Å². The molecule has 0 unspecified atom stereocenters. The molecule has 11 heavy (non-hydrogen) atoms. The van der Waals surface area contributed by atoms with Gasteiger partial charge in [0.2, 0.25) is 0 Å². The third kappa shape index (κ3) is 5.22. The second-order valence-electron chi connectivity index (χ2n) is 4.45. The second kappa shape index (κ2) is 4.07. The zero-order valence-corrected chi connectivity index (χ0v) is 7.96. The Kier molecular flexibility index (Phi) is 4.04. The minimum Gasteiger partial charge on any atom is -0.396 e. The average molecular weight is 160 g/mol. The summed E-state index contributed by atoms with van der Waals surface area (Å²) in [6, 6.07) is 0. The van der Waals surface area contributed by atoms with Crippen molar-refractivity contribution < 1.29 is 10.2 Å². The van der Waals surface area contributed by atoms with Gasteiger partial charge in [0.1, 0.15) is 0 Å². The summed E-state index contributed by atoms with van der Waals surface area (Å²) in [6.07, 6.45) is 0.459. The van der Waals surface area contributed by atoms with Gasteiger partial charge in [-0.05, 0) is 18.8 Å². The van der Waals surface area contributed by atoms with Gasteiger partial charge in [0.25, 0.3) is 0 Å². The van der Waals surface area contributed by atoms with Crippen molar-refractivity contribution in [3.8, 4) is 0 Å². The van der Waals surface area contributed by atoms with Crippen molar-refractivity contribution in [3.63, 3.8) is 0 Å². The lowest BCUT2D eigenvalue weighted by Crippen LogP contribution is -2.25. The van der Waals surface area contributed by atoms with Gasteiger partial charge in [-0.2, -0.15) is 0 Å². The SMILES string of the molecule is C[C@@H](O)[C@H](CO)CC(C)(C)C. The van der Waals surface area contributed by atoms with Crippen LogP contribution >= 0.6 is 0 Å². The van der Waals surface area contributed by atoms with E-state index in [0.717, 1.165) is 6.42 Å². The van der Waals surface area contributed by atoms with Crippen molar-refractivity contribution in [2.24, 2.45) is 11.3 Å². The van der Waals surface area contributed by atoms with Crippen molar-refractivity contribution in [1.29, 1.82) is 0 Å². The van der Waals surface area contributed by atoms with Crippen LogP contribution in [0.15, 0.2) is 0 Å². The predicted octanol–water partition coefficient (Wildman–Crippen LogP) is 1.41. The van der Waals surface area contributed by atoms with Gasteiger partial charge in [0.15, 0.2) is 0 Å². The van der Waals surface area contributed by atoms with Crippen LogP contribution in [-0.2, 0) is 0 Å². The van der Waals surface area contributed by atoms with Gasteiger partial charge in [0, 0.05) is 12.5 Å². The highest BCUT2D eigenvalue weighted by molar-refractivity contribution is 4.71. The molecule has 0 amide bonds. The van der Waals surface area contributed by atoms with E-state index in [9.17, 15) is 5.11 Å². The van der Waals surface area contributed by atoms with Gasteiger partial charge >= 0.3 is 0 Å². The first-order valence-corrected chi connectivity index (χ1v) is 4.16. The molecule has 0 saturated heterocycles. The van der Waals surface area contributed by atoms with E-state index in [1.165, 1.54) is 0 Å². The van der Waals surface area contributed by atoms with E-state index in [1.807, 2.05) is 0 Å². The highest BCUT2D eigenvalue weighted by atomic mass is 16.3. The number of aliphatic hydroxyl groups is 2. The van der Waals surface area contributed by atoms with E-state index in [1.54, 1.807) is 6.92 Å². The monoisotopic (exact) mass is 160 g/mol. The van der Waals surface area contributed by atoms with Crippen LogP contribution in [0.4, 0.5) is 0 Å². The van der Waals surface area contributed by atoms with Crippen molar-refractivity contribution in [3.05, 3.63) is 0 Å². The smallest absolute Gasteiger partial charge is 0.0562 e. The molecule has 0 aliphatic heterocycles. The molecule has 0 aromatic heterocycles. The molecular weight excluding hydrogens is 140 g/mol. The molecule has 2 nitrogen and oxygen atoms in total. The van der Waals surface area contributed by atoms with Crippen LogP contribution in [0.2, 0.25) is 0 Å². The molecule has 0 radical (unpaired) electrons. The molecule has 0 rings (SSSR count). The number of aliphatic hydroxyl groups excluding tert-OH is 2. The third-order valence-corrected chi connectivity index (χ3v) is 1.79. The molecule has 0 saturated carbocycles. The molecule has 0 aromatic rings. The molecule has 0 bridgehead atoms. The summed E-state index contributed by atoms with van der Waals surface area (Å²) >= 11 is 0. The lowest BCUT2D eigenvalue weighted by Gasteiger charge is -2.26. The van der Waals surface area contributed by atoms with E-state index in [-0.39, 0.29) is 17.9 Å². The van der Waals surface area contributed by atoms with Gasteiger partial charge in [0.05, 0.1) is 6.10 Å². The normalized spacial score (nSPS) is 18.0. The predicted molar refractivity (Wildman–Crippen MR) is 46.3 cm³/mol. The minimum absolute atomic E-state index is 0.0231. The molecular formula is C9H20O2. The first-order valence-electron chi connectivity index (χ1n) is 4.16. The van der Waals surface area contributed by atoms with Crippen molar-refractivity contribution in [2.75, 3.05) is 6.61 Å². The zero-order valence-electron chi connectivity index (χ0n) is 7.96. The van der Waals surface area contributed by atoms with Gasteiger partial charge in [-0.1, -0.05) is 20.8 Å². The molecule has 0 aliphatic carbocycles. The standard InChI is InChI=1S/C9H20O2/c1-7(11)8(6-10)5-9(2,3)4/h7-8,10-11H,5-6H2,1-4H3/t7-,8+/m1/s1. The minimum atomic E-state index is -0.403. The molecule has 2 atom stereocenters. The summed E-state index contributed by atoms with van der Waals surface area (Å²) in [5, 5.41) is 18.1. The van der Waals surface area contributed by atoms with Crippen LogP contribution in [0.5, 0.6) is 0 Å². The summed E-state index contributed by atoms with van der Waals surface area (Å²) in [7, 11) is 0. The Morgan fingerprint density at radius 3 is 1.82 bits per heavy atom. The molecule has 0 spiro atoms. The Bertz CT molecular complexity index is 103. The fourth-order valence-electron chi connectivity index (χ4n) is 1.17. The van der Waals surface area contributed by atoms with Crippen LogP contribution in [-0.4, -0.2) is 22.9 Å². The fourth-order valence-corrected chi connectivity index (χ4v) is 1.17. The maximum Gasteiger partial charge on any atom is 0.0562 e. The van der Waals surface area contributed by atoms with Gasteiger partial charge in [-0.25, -0.2) is 0 Å². The van der Waals surface area contributed by atoms with Crippen molar-refractivity contribution in [1.82, 2.24) is 0 Å². The maximum atomic E-state index is 9.22. The maximum absolute atomic E-state index is 9.22. The number of rotatable bonds is 3. The van der Waals surface area contributed by atoms with E-state index in [0.29, 0.717) is 0 Å². The number of hydrogen-bond donors (Lipinski definition) is 2. The van der Waals surface area contributed by atoms with Crippen LogP contribution < -0.4 is 0 Å². The molecule has 2 heteroatoms. The van der Waals surface area contributed by atoms with E-state index in [4.69, 9.17) is 5.11 Å². The summed E-state index contributed by atoms with van der Waals surface area (Å²) in [4.78, 5) is 0. The van der Waals surface area contributed by atoms with Gasteiger partial charge < -0.3 is 10.2 Å². The van der Waals surface area contributed by atoms with Crippen molar-refractivity contribution >= 4 is 0 Å². The van der Waals surface area contributed by atoms with E-state index in [2.05, 4.69) is 20.8 Å². The van der Waals surface area contributed by atoms with E-state index >= 15 is 0 Å². The van der Waals surface area contributed by atoms with Crippen molar-refractivity contribution in [2.45, 2.75) is 40.2 Å². The summed E-state index contributed by atoms with van der Waals surface area (Å²) in [5.74, 6) is 0.0231. The largest absolute Gasteiger partial charge is 0.396 e. The zero-order chi connectivity index (χ0) is 9.07. The molecule has 0 aromatic carbocycles. The summed E-state index contributed by atoms with van der Waals surface area (Å²) in [5.41, 5.74) is 0.185. The van der Waals surface area contributed by atoms with Gasteiger partial charge in [-0.3, -0.25) is 0 Å². The first-order chi connectivity index (χ1) is 4.87. The van der Waals surface area contributed by atoms with E-state index < -0.39 is 6.10 Å². The van der Waals surface area contributed by atoms with Crippen LogP contribution in [0, 0.1) is 11.3 Å². The quantitative estimate of drug-likeness (QED) is 0.655. The molecule has 68 valence electrons. The highest BCUT2D eigenvalue weighted by Gasteiger charge is 2.21. The topological polar surface area (TPSA) is 40.5 Å². The Morgan fingerprint density at radius 2 is 1.73 bits per heavy atom. The average Bonchev–Trinajstić information content (AvgIpc) is 1.80. The highest BCUT2D eigenvalue weighted by Crippen LogP contribution is 2.25. The Labute approximate surface area is 69.2 Å². The van der Waals surface area contributed by atoms with Crippen LogP contribution in [0.25, 0.3) is 0 Å². The summed E-state index contributed by atoms with van der Waals surface area (Å²) < 4.78 is 0. The third-order valence-electron chi connectivity index (χ3n) is 1.79. The molecule has 2 N–H and O–H groups in total. The molecule has 0 fully saturated rings. The Morgan fingerprint density at radius 1 is 1.27 bits per heavy atom. The number of hydrogen-bond acceptors (Lipinski definition) is 2. The van der Waals surface area contributed by atoms with Crippen LogP contribution in [0.3, 0.4) is 0 Å². The first kappa shape index (κ1) is 10.9. The molecule has 0 heterocycles. The lowest BCUT2D eigenvalue weighted by molar-refractivity contribution is 0.0552. The second-order valence-corrected chi connectivity index (χ2v) is 4.45. The Balaban J connectivity index is 3.88.